The summed E-state index contributed by atoms with van der Waals surface area (Å²) in [5.74, 6) is 0.738. The van der Waals surface area contributed by atoms with Gasteiger partial charge in [-0.15, -0.1) is 0 Å². The summed E-state index contributed by atoms with van der Waals surface area (Å²) >= 11 is 1.60. The molecule has 3 aromatic carbocycles. The third-order valence-corrected chi connectivity index (χ3v) is 7.86. The van der Waals surface area contributed by atoms with Gasteiger partial charge in [0.2, 0.25) is 5.91 Å². The predicted octanol–water partition coefficient (Wildman–Crippen LogP) is 5.26. The molecule has 0 aliphatic heterocycles. The highest BCUT2D eigenvalue weighted by molar-refractivity contribution is 7.98. The summed E-state index contributed by atoms with van der Waals surface area (Å²) in [6.07, 6.45) is -4.66. The largest absolute Gasteiger partial charge is 0.416 e. The van der Waals surface area contributed by atoms with Crippen molar-refractivity contribution in [2.24, 2.45) is 0 Å². The Kier molecular flexibility index (Phi) is 8.85. The fraction of sp³-hybridized carbons (Fsp3) is 0.240. The Morgan fingerprint density at radius 3 is 2.31 bits per heavy atom. The van der Waals surface area contributed by atoms with Gasteiger partial charge in [-0.2, -0.15) is 24.9 Å². The van der Waals surface area contributed by atoms with Crippen LogP contribution in [0.15, 0.2) is 83.8 Å². The van der Waals surface area contributed by atoms with Crippen LogP contribution in [-0.2, 0) is 26.7 Å². The maximum atomic E-state index is 13.2. The molecule has 0 spiro atoms. The number of thioether (sulfide) groups is 1. The molecule has 0 aliphatic rings. The van der Waals surface area contributed by atoms with Gasteiger partial charge in [-0.05, 0) is 42.8 Å². The molecule has 10 heteroatoms. The lowest BCUT2D eigenvalue weighted by atomic mass is 10.2. The SMILES string of the molecule is Cc1ccc(CSCCNC(=O)CN(c2cccc(C(F)(F)F)c2)S(=O)(=O)c2ccccc2)cc1. The second-order valence-corrected chi connectivity index (χ2v) is 10.7. The molecule has 0 saturated carbocycles. The number of alkyl halides is 3. The van der Waals surface area contributed by atoms with Crippen molar-refractivity contribution >= 4 is 33.4 Å². The number of sulfonamides is 1. The second kappa shape index (κ2) is 11.6. The van der Waals surface area contributed by atoms with Crippen LogP contribution >= 0.6 is 11.8 Å². The number of hydrogen-bond acceptors (Lipinski definition) is 4. The molecule has 0 unspecified atom stereocenters. The molecule has 3 aromatic rings. The zero-order valence-corrected chi connectivity index (χ0v) is 20.6. The Hall–Kier alpha value is -2.98. The van der Waals surface area contributed by atoms with Gasteiger partial charge >= 0.3 is 6.18 Å². The molecule has 1 N–H and O–H groups in total. The van der Waals surface area contributed by atoms with E-state index < -0.39 is 34.2 Å². The van der Waals surface area contributed by atoms with Crippen LogP contribution in [0.25, 0.3) is 0 Å². The third-order valence-electron chi connectivity index (χ3n) is 5.04. The van der Waals surface area contributed by atoms with Crippen molar-refractivity contribution < 1.29 is 26.4 Å². The van der Waals surface area contributed by atoms with Crippen LogP contribution in [0.2, 0.25) is 0 Å². The van der Waals surface area contributed by atoms with Crippen LogP contribution in [0.4, 0.5) is 18.9 Å². The summed E-state index contributed by atoms with van der Waals surface area (Å²) < 4.78 is 66.9. The molecule has 0 aliphatic carbocycles. The minimum absolute atomic E-state index is 0.126. The quantitative estimate of drug-likeness (QED) is 0.369. The Balaban J connectivity index is 1.70. The first-order valence-corrected chi connectivity index (χ1v) is 13.3. The van der Waals surface area contributed by atoms with Crippen LogP contribution in [0.1, 0.15) is 16.7 Å². The van der Waals surface area contributed by atoms with Gasteiger partial charge in [-0.25, -0.2) is 8.42 Å². The summed E-state index contributed by atoms with van der Waals surface area (Å²) in [5, 5.41) is 2.66. The summed E-state index contributed by atoms with van der Waals surface area (Å²) in [5.41, 5.74) is 1.07. The molecule has 0 saturated heterocycles. The molecule has 35 heavy (non-hydrogen) atoms. The summed E-state index contributed by atoms with van der Waals surface area (Å²) in [6, 6.07) is 19.3. The highest BCUT2D eigenvalue weighted by Gasteiger charge is 2.33. The van der Waals surface area contributed by atoms with E-state index in [0.717, 1.165) is 29.5 Å². The number of nitrogens with zero attached hydrogens (tertiary/aromatic N) is 1. The summed E-state index contributed by atoms with van der Waals surface area (Å²) in [7, 11) is -4.29. The number of amides is 1. The maximum Gasteiger partial charge on any atom is 0.416 e. The van der Waals surface area contributed by atoms with Gasteiger partial charge in [-0.3, -0.25) is 9.10 Å². The minimum atomic E-state index is -4.66. The highest BCUT2D eigenvalue weighted by atomic mass is 32.2. The van der Waals surface area contributed by atoms with Crippen molar-refractivity contribution in [1.82, 2.24) is 5.32 Å². The van der Waals surface area contributed by atoms with Crippen molar-refractivity contribution in [2.45, 2.75) is 23.7 Å². The molecule has 1 amide bonds. The number of carbonyl (C=O) groups excluding carboxylic acids is 1. The summed E-state index contributed by atoms with van der Waals surface area (Å²) in [4.78, 5) is 12.5. The van der Waals surface area contributed by atoms with E-state index in [1.807, 2.05) is 31.2 Å². The Labute approximate surface area is 207 Å². The maximum absolute atomic E-state index is 13.2. The molecule has 186 valence electrons. The van der Waals surface area contributed by atoms with Gasteiger partial charge in [0, 0.05) is 18.1 Å². The molecule has 0 bridgehead atoms. The minimum Gasteiger partial charge on any atom is -0.354 e. The van der Waals surface area contributed by atoms with Gasteiger partial charge in [0.1, 0.15) is 6.54 Å². The van der Waals surface area contributed by atoms with E-state index in [-0.39, 0.29) is 17.1 Å². The Morgan fingerprint density at radius 1 is 0.971 bits per heavy atom. The molecule has 0 atom stereocenters. The Bertz CT molecular complexity index is 1230. The first-order chi connectivity index (χ1) is 16.6. The number of rotatable bonds is 10. The van der Waals surface area contributed by atoms with Crippen molar-refractivity contribution in [3.8, 4) is 0 Å². The number of anilines is 1. The van der Waals surface area contributed by atoms with Crippen LogP contribution in [0.3, 0.4) is 0 Å². The van der Waals surface area contributed by atoms with Crippen LogP contribution in [-0.4, -0.2) is 33.2 Å². The molecule has 3 rings (SSSR count). The molecule has 0 radical (unpaired) electrons. The van der Waals surface area contributed by atoms with E-state index in [1.54, 1.807) is 17.8 Å². The number of nitrogens with one attached hydrogen (secondary N) is 1. The average molecular weight is 523 g/mol. The number of hydrogen-bond donors (Lipinski definition) is 1. The first kappa shape index (κ1) is 26.6. The lowest BCUT2D eigenvalue weighted by molar-refractivity contribution is -0.137. The third kappa shape index (κ3) is 7.50. The molecule has 5 nitrogen and oxygen atoms in total. The van der Waals surface area contributed by atoms with Gasteiger partial charge in [0.05, 0.1) is 16.1 Å². The van der Waals surface area contributed by atoms with Gasteiger partial charge in [0.15, 0.2) is 0 Å². The smallest absolute Gasteiger partial charge is 0.354 e. The topological polar surface area (TPSA) is 66.5 Å². The fourth-order valence-electron chi connectivity index (χ4n) is 3.20. The van der Waals surface area contributed by atoms with E-state index in [0.29, 0.717) is 10.1 Å². The van der Waals surface area contributed by atoms with Crippen LogP contribution in [0.5, 0.6) is 0 Å². The normalized spacial score (nSPS) is 11.8. The highest BCUT2D eigenvalue weighted by Crippen LogP contribution is 2.33. The molecular weight excluding hydrogens is 497 g/mol. The van der Waals surface area contributed by atoms with E-state index in [2.05, 4.69) is 5.32 Å². The number of carbonyl (C=O) groups is 1. The first-order valence-electron chi connectivity index (χ1n) is 10.7. The fourth-order valence-corrected chi connectivity index (χ4v) is 5.45. The average Bonchev–Trinajstić information content (AvgIpc) is 2.83. The number of aryl methyl sites for hydroxylation is 1. The zero-order chi connectivity index (χ0) is 25.5. The van der Waals surface area contributed by atoms with Crippen LogP contribution in [0, 0.1) is 6.92 Å². The number of halogens is 3. The Morgan fingerprint density at radius 2 is 1.66 bits per heavy atom. The van der Waals surface area contributed by atoms with E-state index in [4.69, 9.17) is 0 Å². The van der Waals surface area contributed by atoms with Crippen molar-refractivity contribution in [3.63, 3.8) is 0 Å². The molecule has 0 heterocycles. The standard InChI is InChI=1S/C25H25F3N2O3S2/c1-19-10-12-20(13-11-19)18-34-15-14-29-24(31)17-30(35(32,33)23-8-3-2-4-9-23)22-7-5-6-21(16-22)25(26,27)28/h2-13,16H,14-15,17-18H2,1H3,(H,29,31). The van der Waals surface area contributed by atoms with Crippen molar-refractivity contribution in [1.29, 1.82) is 0 Å². The van der Waals surface area contributed by atoms with Gasteiger partial charge in [-0.1, -0.05) is 54.1 Å². The molecule has 0 fully saturated rings. The van der Waals surface area contributed by atoms with Gasteiger partial charge in [0.25, 0.3) is 10.0 Å². The van der Waals surface area contributed by atoms with Crippen molar-refractivity contribution in [2.75, 3.05) is 23.1 Å². The van der Waals surface area contributed by atoms with Crippen LogP contribution < -0.4 is 9.62 Å². The molecule has 0 aromatic heterocycles. The zero-order valence-electron chi connectivity index (χ0n) is 19.0. The predicted molar refractivity (Wildman–Crippen MR) is 133 cm³/mol. The van der Waals surface area contributed by atoms with Crippen molar-refractivity contribution in [3.05, 3.63) is 95.6 Å². The molecular formula is C25H25F3N2O3S2. The van der Waals surface area contributed by atoms with Gasteiger partial charge < -0.3 is 5.32 Å². The van der Waals surface area contributed by atoms with E-state index in [9.17, 15) is 26.4 Å². The lowest BCUT2D eigenvalue weighted by Crippen LogP contribution is -2.41. The summed E-state index contributed by atoms with van der Waals surface area (Å²) in [6.45, 7) is 1.64. The lowest BCUT2D eigenvalue weighted by Gasteiger charge is -2.25. The second-order valence-electron chi connectivity index (χ2n) is 7.76. The van der Waals surface area contributed by atoms with E-state index in [1.165, 1.54) is 35.9 Å². The monoisotopic (exact) mass is 522 g/mol. The van der Waals surface area contributed by atoms with E-state index >= 15 is 0 Å². The number of benzene rings is 3.